The Balaban J connectivity index is 1.82. The van der Waals surface area contributed by atoms with Crippen molar-refractivity contribution in [3.63, 3.8) is 0 Å². The van der Waals surface area contributed by atoms with Gasteiger partial charge in [-0.1, -0.05) is 12.1 Å². The van der Waals surface area contributed by atoms with Gasteiger partial charge in [-0.05, 0) is 29.1 Å². The highest BCUT2D eigenvalue weighted by atomic mass is 16.4. The summed E-state index contributed by atoms with van der Waals surface area (Å²) < 4.78 is 7.58. The maximum absolute atomic E-state index is 5.47. The van der Waals surface area contributed by atoms with Crippen LogP contribution in [0.15, 0.2) is 53.3 Å². The van der Waals surface area contributed by atoms with Crippen molar-refractivity contribution in [3.05, 3.63) is 54.8 Å². The molecule has 1 aromatic carbocycles. The number of rotatable bonds is 2. The van der Waals surface area contributed by atoms with E-state index in [0.717, 1.165) is 16.7 Å². The van der Waals surface area contributed by atoms with Gasteiger partial charge in [0.05, 0.1) is 5.56 Å². The number of fused-ring (bicyclic) bond motifs is 1. The normalized spacial score (nSPS) is 11.2. The van der Waals surface area contributed by atoms with Crippen LogP contribution in [0.5, 0.6) is 0 Å². The zero-order valence-corrected chi connectivity index (χ0v) is 12.3. The van der Waals surface area contributed by atoms with E-state index in [2.05, 4.69) is 50.2 Å². The Labute approximate surface area is 127 Å². The Morgan fingerprint density at radius 2 is 1.82 bits per heavy atom. The van der Waals surface area contributed by atoms with E-state index in [1.54, 1.807) is 13.1 Å². The van der Waals surface area contributed by atoms with Crippen LogP contribution in [0.4, 0.5) is 0 Å². The lowest BCUT2D eigenvalue weighted by Gasteiger charge is -2.04. The average Bonchev–Trinajstić information content (AvgIpc) is 3.14. The van der Waals surface area contributed by atoms with E-state index in [4.69, 9.17) is 4.42 Å². The van der Waals surface area contributed by atoms with Crippen molar-refractivity contribution < 1.29 is 4.42 Å². The minimum absolute atomic E-state index is 0.492. The molecule has 108 valence electrons. The van der Waals surface area contributed by atoms with Crippen LogP contribution < -0.4 is 0 Å². The number of nitrogens with zero attached hydrogens (tertiary/aromatic N) is 4. The SMILES string of the molecule is Cc1nnc(-c2cncc(-c3ccc4ccn(C)c4c3)c2)o1. The van der Waals surface area contributed by atoms with Crippen LogP contribution in [-0.2, 0) is 7.05 Å². The Kier molecular flexibility index (Phi) is 2.79. The zero-order chi connectivity index (χ0) is 15.1. The molecule has 3 aromatic heterocycles. The maximum Gasteiger partial charge on any atom is 0.249 e. The molecule has 0 spiro atoms. The van der Waals surface area contributed by atoms with Crippen molar-refractivity contribution in [2.75, 3.05) is 0 Å². The molecule has 0 aliphatic heterocycles. The third kappa shape index (κ3) is 2.07. The summed E-state index contributed by atoms with van der Waals surface area (Å²) in [5.74, 6) is 1.04. The number of aryl methyl sites for hydroxylation is 2. The molecule has 0 bridgehead atoms. The standard InChI is InChI=1S/C17H14N4O/c1-11-19-20-17(22-11)15-7-14(9-18-10-15)13-4-3-12-5-6-21(2)16(12)8-13/h3-10H,1-2H3. The Morgan fingerprint density at radius 3 is 2.64 bits per heavy atom. The molecule has 0 saturated carbocycles. The number of aromatic nitrogens is 4. The highest BCUT2D eigenvalue weighted by Gasteiger charge is 2.09. The number of hydrogen-bond donors (Lipinski definition) is 0. The fraction of sp³-hybridized carbons (Fsp3) is 0.118. The van der Waals surface area contributed by atoms with E-state index in [-0.39, 0.29) is 0 Å². The second-order valence-electron chi connectivity index (χ2n) is 5.29. The molecule has 22 heavy (non-hydrogen) atoms. The van der Waals surface area contributed by atoms with Crippen LogP contribution in [0.1, 0.15) is 5.89 Å². The third-order valence-corrected chi connectivity index (χ3v) is 3.73. The van der Waals surface area contributed by atoms with E-state index < -0.39 is 0 Å². The second-order valence-corrected chi connectivity index (χ2v) is 5.29. The molecule has 3 heterocycles. The second kappa shape index (κ2) is 4.80. The first kappa shape index (κ1) is 12.8. The average molecular weight is 290 g/mol. The van der Waals surface area contributed by atoms with Gasteiger partial charge in [0.1, 0.15) is 0 Å². The van der Waals surface area contributed by atoms with Gasteiger partial charge in [-0.2, -0.15) is 0 Å². The van der Waals surface area contributed by atoms with Gasteiger partial charge in [0.15, 0.2) is 0 Å². The first-order valence-electron chi connectivity index (χ1n) is 7.02. The minimum atomic E-state index is 0.492. The summed E-state index contributed by atoms with van der Waals surface area (Å²) in [7, 11) is 2.04. The molecule has 4 aromatic rings. The van der Waals surface area contributed by atoms with E-state index >= 15 is 0 Å². The van der Waals surface area contributed by atoms with Crippen molar-refractivity contribution in [1.82, 2.24) is 19.7 Å². The smallest absolute Gasteiger partial charge is 0.249 e. The Bertz CT molecular complexity index is 968. The summed E-state index contributed by atoms with van der Waals surface area (Å²) in [5, 5.41) is 9.13. The Hall–Kier alpha value is -2.95. The fourth-order valence-corrected chi connectivity index (χ4v) is 2.57. The molecule has 5 heteroatoms. The van der Waals surface area contributed by atoms with Crippen molar-refractivity contribution >= 4 is 10.9 Å². The lowest BCUT2D eigenvalue weighted by Crippen LogP contribution is -1.87. The van der Waals surface area contributed by atoms with Crippen LogP contribution in [-0.4, -0.2) is 19.7 Å². The molecule has 0 aliphatic rings. The van der Waals surface area contributed by atoms with Gasteiger partial charge in [0, 0.05) is 43.6 Å². The molecule has 0 saturated heterocycles. The lowest BCUT2D eigenvalue weighted by molar-refractivity contribution is 0.532. The van der Waals surface area contributed by atoms with E-state index in [9.17, 15) is 0 Å². The van der Waals surface area contributed by atoms with Crippen LogP contribution in [0.25, 0.3) is 33.5 Å². The molecular weight excluding hydrogens is 276 g/mol. The van der Waals surface area contributed by atoms with E-state index in [1.807, 2.05) is 19.3 Å². The van der Waals surface area contributed by atoms with Crippen molar-refractivity contribution in [2.24, 2.45) is 7.05 Å². The third-order valence-electron chi connectivity index (χ3n) is 3.73. The molecule has 0 amide bonds. The summed E-state index contributed by atoms with van der Waals surface area (Å²) in [6, 6.07) is 10.5. The molecule has 0 fully saturated rings. The van der Waals surface area contributed by atoms with Gasteiger partial charge in [-0.15, -0.1) is 10.2 Å². The highest BCUT2D eigenvalue weighted by Crippen LogP contribution is 2.27. The van der Waals surface area contributed by atoms with Crippen LogP contribution in [0.2, 0.25) is 0 Å². The zero-order valence-electron chi connectivity index (χ0n) is 12.3. The van der Waals surface area contributed by atoms with E-state index in [0.29, 0.717) is 11.8 Å². The van der Waals surface area contributed by atoms with Crippen molar-refractivity contribution in [3.8, 4) is 22.6 Å². The Morgan fingerprint density at radius 1 is 0.955 bits per heavy atom. The maximum atomic E-state index is 5.47. The van der Waals surface area contributed by atoms with Crippen molar-refractivity contribution in [1.29, 1.82) is 0 Å². The highest BCUT2D eigenvalue weighted by molar-refractivity contribution is 5.85. The molecule has 4 rings (SSSR count). The fourth-order valence-electron chi connectivity index (χ4n) is 2.57. The molecule has 0 aliphatic carbocycles. The van der Waals surface area contributed by atoms with Gasteiger partial charge in [0.2, 0.25) is 11.8 Å². The summed E-state index contributed by atoms with van der Waals surface area (Å²) in [5.41, 5.74) is 4.15. The predicted octanol–water partition coefficient (Wildman–Crippen LogP) is 3.60. The number of hydrogen-bond acceptors (Lipinski definition) is 4. The summed E-state index contributed by atoms with van der Waals surface area (Å²) in [6.45, 7) is 1.77. The van der Waals surface area contributed by atoms with Gasteiger partial charge in [-0.25, -0.2) is 0 Å². The van der Waals surface area contributed by atoms with Gasteiger partial charge < -0.3 is 8.98 Å². The number of benzene rings is 1. The first-order chi connectivity index (χ1) is 10.7. The van der Waals surface area contributed by atoms with Gasteiger partial charge in [-0.3, -0.25) is 4.98 Å². The summed E-state index contributed by atoms with van der Waals surface area (Å²) in [6.07, 6.45) is 5.64. The quantitative estimate of drug-likeness (QED) is 0.566. The molecular formula is C17H14N4O. The predicted molar refractivity (Wildman–Crippen MR) is 84.2 cm³/mol. The number of pyridine rings is 1. The van der Waals surface area contributed by atoms with Crippen LogP contribution in [0.3, 0.4) is 0 Å². The minimum Gasteiger partial charge on any atom is -0.421 e. The molecule has 0 radical (unpaired) electrons. The lowest BCUT2D eigenvalue weighted by atomic mass is 10.0. The molecule has 0 unspecified atom stereocenters. The van der Waals surface area contributed by atoms with Crippen LogP contribution >= 0.6 is 0 Å². The summed E-state index contributed by atoms with van der Waals surface area (Å²) >= 11 is 0. The molecule has 0 N–H and O–H groups in total. The first-order valence-corrected chi connectivity index (χ1v) is 7.02. The topological polar surface area (TPSA) is 56.7 Å². The van der Waals surface area contributed by atoms with Crippen LogP contribution in [0, 0.1) is 6.92 Å². The largest absolute Gasteiger partial charge is 0.421 e. The van der Waals surface area contributed by atoms with E-state index in [1.165, 1.54) is 10.9 Å². The molecule has 5 nitrogen and oxygen atoms in total. The van der Waals surface area contributed by atoms with Crippen molar-refractivity contribution in [2.45, 2.75) is 6.92 Å². The molecule has 0 atom stereocenters. The monoisotopic (exact) mass is 290 g/mol. The van der Waals surface area contributed by atoms with Gasteiger partial charge >= 0.3 is 0 Å². The summed E-state index contributed by atoms with van der Waals surface area (Å²) in [4.78, 5) is 4.30. The van der Waals surface area contributed by atoms with Gasteiger partial charge in [0.25, 0.3) is 0 Å².